The van der Waals surface area contributed by atoms with Crippen LogP contribution in [0.5, 0.6) is 0 Å². The highest BCUT2D eigenvalue weighted by atomic mass is 16.5. The van der Waals surface area contributed by atoms with Crippen LogP contribution in [0.25, 0.3) is 0 Å². The van der Waals surface area contributed by atoms with E-state index in [4.69, 9.17) is 4.74 Å². The first-order valence-corrected chi connectivity index (χ1v) is 4.24. The van der Waals surface area contributed by atoms with Gasteiger partial charge in [-0.25, -0.2) is 0 Å². The van der Waals surface area contributed by atoms with Crippen molar-refractivity contribution in [1.82, 2.24) is 9.88 Å². The number of morpholine rings is 1. The SMILES string of the molecule is Cn1ccc([C@@H]2COCC(=O)N2)c1. The number of hydrogen-bond acceptors (Lipinski definition) is 2. The Morgan fingerprint density at radius 1 is 1.69 bits per heavy atom. The van der Waals surface area contributed by atoms with Crippen LogP contribution in [0.2, 0.25) is 0 Å². The van der Waals surface area contributed by atoms with Crippen LogP contribution in [0.4, 0.5) is 0 Å². The average Bonchev–Trinajstić information content (AvgIpc) is 2.52. The maximum absolute atomic E-state index is 11.0. The quantitative estimate of drug-likeness (QED) is 0.671. The van der Waals surface area contributed by atoms with Gasteiger partial charge >= 0.3 is 0 Å². The zero-order valence-electron chi connectivity index (χ0n) is 7.49. The third-order valence-electron chi connectivity index (χ3n) is 2.11. The molecule has 1 aromatic rings. The van der Waals surface area contributed by atoms with Crippen molar-refractivity contribution in [2.24, 2.45) is 7.05 Å². The smallest absolute Gasteiger partial charge is 0.246 e. The van der Waals surface area contributed by atoms with E-state index < -0.39 is 0 Å². The Morgan fingerprint density at radius 3 is 3.15 bits per heavy atom. The molecule has 0 aromatic carbocycles. The number of hydrogen-bond donors (Lipinski definition) is 1. The summed E-state index contributed by atoms with van der Waals surface area (Å²) < 4.78 is 7.09. The van der Waals surface area contributed by atoms with Crippen LogP contribution in [0.3, 0.4) is 0 Å². The molecule has 0 spiro atoms. The van der Waals surface area contributed by atoms with Crippen molar-refractivity contribution in [3.05, 3.63) is 24.0 Å². The number of nitrogens with zero attached hydrogens (tertiary/aromatic N) is 1. The second-order valence-corrected chi connectivity index (χ2v) is 3.25. The summed E-state index contributed by atoms with van der Waals surface area (Å²) >= 11 is 0. The van der Waals surface area contributed by atoms with Crippen LogP contribution in [0, 0.1) is 0 Å². The molecule has 13 heavy (non-hydrogen) atoms. The summed E-state index contributed by atoms with van der Waals surface area (Å²) in [5, 5.41) is 2.87. The summed E-state index contributed by atoms with van der Waals surface area (Å²) in [5.41, 5.74) is 1.09. The molecular formula is C9H12N2O2. The lowest BCUT2D eigenvalue weighted by Crippen LogP contribution is -2.39. The van der Waals surface area contributed by atoms with E-state index in [-0.39, 0.29) is 18.6 Å². The molecule has 2 heterocycles. The van der Waals surface area contributed by atoms with Crippen molar-refractivity contribution in [2.45, 2.75) is 6.04 Å². The van der Waals surface area contributed by atoms with Gasteiger partial charge in [0.1, 0.15) is 6.61 Å². The molecule has 0 unspecified atom stereocenters. The summed E-state index contributed by atoms with van der Waals surface area (Å²) in [4.78, 5) is 11.0. The fraction of sp³-hybridized carbons (Fsp3) is 0.444. The maximum atomic E-state index is 11.0. The highest BCUT2D eigenvalue weighted by molar-refractivity contribution is 5.78. The van der Waals surface area contributed by atoms with Crippen molar-refractivity contribution in [2.75, 3.05) is 13.2 Å². The van der Waals surface area contributed by atoms with Crippen LogP contribution in [0.1, 0.15) is 11.6 Å². The Morgan fingerprint density at radius 2 is 2.54 bits per heavy atom. The predicted octanol–water partition coefficient (Wildman–Crippen LogP) is 0.213. The molecule has 4 heteroatoms. The Balaban J connectivity index is 2.12. The van der Waals surface area contributed by atoms with E-state index in [0.717, 1.165) is 5.56 Å². The van der Waals surface area contributed by atoms with Gasteiger partial charge < -0.3 is 14.6 Å². The molecule has 0 radical (unpaired) electrons. The Kier molecular flexibility index (Phi) is 2.06. The molecule has 1 saturated heterocycles. The number of nitrogens with one attached hydrogen (secondary N) is 1. The number of aromatic nitrogens is 1. The second-order valence-electron chi connectivity index (χ2n) is 3.25. The van der Waals surface area contributed by atoms with Gasteiger partial charge in [-0.2, -0.15) is 0 Å². The monoisotopic (exact) mass is 180 g/mol. The molecule has 1 atom stereocenters. The number of carbonyl (C=O) groups is 1. The van der Waals surface area contributed by atoms with Crippen LogP contribution in [-0.2, 0) is 16.6 Å². The van der Waals surface area contributed by atoms with Gasteiger partial charge in [0, 0.05) is 19.4 Å². The zero-order valence-corrected chi connectivity index (χ0v) is 7.49. The summed E-state index contributed by atoms with van der Waals surface area (Å²) in [6, 6.07) is 2.00. The molecule has 1 aromatic heterocycles. The van der Waals surface area contributed by atoms with Gasteiger partial charge in [-0.15, -0.1) is 0 Å². The molecule has 1 aliphatic heterocycles. The highest BCUT2D eigenvalue weighted by Gasteiger charge is 2.20. The van der Waals surface area contributed by atoms with Crippen LogP contribution in [-0.4, -0.2) is 23.7 Å². The van der Waals surface area contributed by atoms with E-state index in [0.29, 0.717) is 6.61 Å². The maximum Gasteiger partial charge on any atom is 0.246 e. The zero-order chi connectivity index (χ0) is 9.26. The van der Waals surface area contributed by atoms with Gasteiger partial charge in [0.25, 0.3) is 0 Å². The first-order valence-electron chi connectivity index (χ1n) is 4.24. The molecule has 0 saturated carbocycles. The van der Waals surface area contributed by atoms with Crippen molar-refractivity contribution < 1.29 is 9.53 Å². The normalized spacial score (nSPS) is 22.8. The van der Waals surface area contributed by atoms with Gasteiger partial charge in [-0.1, -0.05) is 0 Å². The molecular weight excluding hydrogens is 168 g/mol. The van der Waals surface area contributed by atoms with Gasteiger partial charge in [0.2, 0.25) is 5.91 Å². The lowest BCUT2D eigenvalue weighted by Gasteiger charge is -2.22. The second kappa shape index (κ2) is 3.22. The third-order valence-corrected chi connectivity index (χ3v) is 2.11. The van der Waals surface area contributed by atoms with Crippen LogP contribution >= 0.6 is 0 Å². The van der Waals surface area contributed by atoms with E-state index in [2.05, 4.69) is 5.32 Å². The molecule has 4 nitrogen and oxygen atoms in total. The summed E-state index contributed by atoms with van der Waals surface area (Å²) in [7, 11) is 1.95. The number of amides is 1. The molecule has 1 aliphatic rings. The number of ether oxygens (including phenoxy) is 1. The van der Waals surface area contributed by atoms with E-state index in [1.807, 2.05) is 30.1 Å². The molecule has 0 bridgehead atoms. The van der Waals surface area contributed by atoms with Crippen molar-refractivity contribution >= 4 is 5.91 Å². The lowest BCUT2D eigenvalue weighted by atomic mass is 10.1. The lowest BCUT2D eigenvalue weighted by molar-refractivity contribution is -0.131. The molecule has 1 amide bonds. The minimum absolute atomic E-state index is 0.0162. The van der Waals surface area contributed by atoms with Gasteiger partial charge in [-0.3, -0.25) is 4.79 Å². The molecule has 1 fully saturated rings. The number of carbonyl (C=O) groups excluding carboxylic acids is 1. The fourth-order valence-corrected chi connectivity index (χ4v) is 1.46. The Hall–Kier alpha value is -1.29. The number of aryl methyl sites for hydroxylation is 1. The minimum Gasteiger partial charge on any atom is -0.369 e. The molecule has 1 N–H and O–H groups in total. The molecule has 70 valence electrons. The van der Waals surface area contributed by atoms with E-state index in [1.54, 1.807) is 0 Å². The average molecular weight is 180 g/mol. The largest absolute Gasteiger partial charge is 0.369 e. The highest BCUT2D eigenvalue weighted by Crippen LogP contribution is 2.15. The summed E-state index contributed by atoms with van der Waals surface area (Å²) in [5.74, 6) is -0.0416. The first-order chi connectivity index (χ1) is 6.25. The standard InChI is InChI=1S/C9H12N2O2/c1-11-3-2-7(4-11)8-5-13-6-9(12)10-8/h2-4,8H,5-6H2,1H3,(H,10,12)/t8-/m0/s1. The van der Waals surface area contributed by atoms with E-state index >= 15 is 0 Å². The summed E-state index contributed by atoms with van der Waals surface area (Å²) in [6.45, 7) is 0.749. The minimum atomic E-state index is -0.0416. The van der Waals surface area contributed by atoms with Gasteiger partial charge in [0.15, 0.2) is 0 Å². The molecule has 0 aliphatic carbocycles. The topological polar surface area (TPSA) is 43.3 Å². The third kappa shape index (κ3) is 1.72. The van der Waals surface area contributed by atoms with Gasteiger partial charge in [0.05, 0.1) is 12.6 Å². The van der Waals surface area contributed by atoms with Crippen LogP contribution < -0.4 is 5.32 Å². The van der Waals surface area contributed by atoms with Crippen molar-refractivity contribution in [1.29, 1.82) is 0 Å². The van der Waals surface area contributed by atoms with Crippen molar-refractivity contribution in [3.8, 4) is 0 Å². The Labute approximate surface area is 76.5 Å². The molecule has 2 rings (SSSR count). The first kappa shape index (κ1) is 8.31. The van der Waals surface area contributed by atoms with Gasteiger partial charge in [-0.05, 0) is 11.6 Å². The van der Waals surface area contributed by atoms with Crippen LogP contribution in [0.15, 0.2) is 18.5 Å². The van der Waals surface area contributed by atoms with E-state index in [9.17, 15) is 4.79 Å². The predicted molar refractivity (Wildman–Crippen MR) is 47.1 cm³/mol. The summed E-state index contributed by atoms with van der Waals surface area (Å²) in [6.07, 6.45) is 3.94. The number of rotatable bonds is 1. The fourth-order valence-electron chi connectivity index (χ4n) is 1.46. The van der Waals surface area contributed by atoms with Crippen molar-refractivity contribution in [3.63, 3.8) is 0 Å². The Bertz CT molecular complexity index is 319. The van der Waals surface area contributed by atoms with E-state index in [1.165, 1.54) is 0 Å².